The summed E-state index contributed by atoms with van der Waals surface area (Å²) in [6.45, 7) is 5.48. The van der Waals surface area contributed by atoms with Crippen molar-refractivity contribution in [2.75, 3.05) is 6.54 Å². The molecule has 0 saturated carbocycles. The standard InChI is InChI=1S/C19H26N2O2/c1-3-19(2,16-20)21(22-14-17-10-6-4-7-11-17)23-15-18-12-8-5-9-13-18/h4-13H,3,14-16,20H2,1-2H3. The lowest BCUT2D eigenvalue weighted by Gasteiger charge is -2.37. The third-order valence-corrected chi connectivity index (χ3v) is 4.02. The van der Waals surface area contributed by atoms with Crippen molar-refractivity contribution >= 4 is 0 Å². The Balaban J connectivity index is 2.02. The quantitative estimate of drug-likeness (QED) is 0.717. The molecule has 0 aliphatic carbocycles. The van der Waals surface area contributed by atoms with Gasteiger partial charge in [-0.1, -0.05) is 72.8 Å². The molecule has 2 N–H and O–H groups in total. The van der Waals surface area contributed by atoms with Crippen LogP contribution in [0.5, 0.6) is 0 Å². The Bertz CT molecular complexity index is 513. The maximum atomic E-state index is 5.95. The van der Waals surface area contributed by atoms with Crippen LogP contribution in [0.15, 0.2) is 60.7 Å². The summed E-state index contributed by atoms with van der Waals surface area (Å²) in [6.07, 6.45) is 0.826. The number of benzene rings is 2. The minimum atomic E-state index is -0.371. The average molecular weight is 314 g/mol. The van der Waals surface area contributed by atoms with Crippen LogP contribution < -0.4 is 5.73 Å². The Labute approximate surface area is 138 Å². The van der Waals surface area contributed by atoms with E-state index in [4.69, 9.17) is 15.4 Å². The van der Waals surface area contributed by atoms with Gasteiger partial charge in [-0.2, -0.15) is 0 Å². The van der Waals surface area contributed by atoms with E-state index >= 15 is 0 Å². The molecular weight excluding hydrogens is 288 g/mol. The smallest absolute Gasteiger partial charge is 0.0962 e. The van der Waals surface area contributed by atoms with Gasteiger partial charge < -0.3 is 5.73 Å². The molecule has 0 aromatic heterocycles. The van der Waals surface area contributed by atoms with Crippen molar-refractivity contribution in [1.29, 1.82) is 0 Å². The largest absolute Gasteiger partial charge is 0.328 e. The van der Waals surface area contributed by atoms with Crippen LogP contribution in [0, 0.1) is 0 Å². The SMILES string of the molecule is CCC(C)(CN)N(OCc1ccccc1)OCc1ccccc1. The van der Waals surface area contributed by atoms with Crippen LogP contribution in [0.4, 0.5) is 0 Å². The average Bonchev–Trinajstić information content (AvgIpc) is 2.63. The van der Waals surface area contributed by atoms with E-state index in [0.29, 0.717) is 19.8 Å². The fourth-order valence-corrected chi connectivity index (χ4v) is 2.11. The van der Waals surface area contributed by atoms with Crippen molar-refractivity contribution in [3.8, 4) is 0 Å². The molecule has 4 nitrogen and oxygen atoms in total. The molecule has 0 aliphatic heterocycles. The Morgan fingerprint density at radius 2 is 1.30 bits per heavy atom. The molecule has 0 fully saturated rings. The molecule has 0 radical (unpaired) electrons. The predicted molar refractivity (Wildman–Crippen MR) is 92.1 cm³/mol. The Hall–Kier alpha value is -1.72. The van der Waals surface area contributed by atoms with Crippen molar-refractivity contribution in [2.24, 2.45) is 5.73 Å². The van der Waals surface area contributed by atoms with Crippen molar-refractivity contribution in [2.45, 2.75) is 39.0 Å². The molecular formula is C19H26N2O2. The summed E-state index contributed by atoms with van der Waals surface area (Å²) in [5, 5.41) is 1.58. The number of nitrogens with zero attached hydrogens (tertiary/aromatic N) is 1. The molecule has 0 aliphatic rings. The fraction of sp³-hybridized carbons (Fsp3) is 0.368. The van der Waals surface area contributed by atoms with E-state index in [1.807, 2.05) is 67.6 Å². The van der Waals surface area contributed by atoms with Gasteiger partial charge in [-0.15, -0.1) is 0 Å². The molecule has 1 unspecified atom stereocenters. The first-order valence-electron chi connectivity index (χ1n) is 8.02. The van der Waals surface area contributed by atoms with Crippen LogP contribution in [0.2, 0.25) is 0 Å². The predicted octanol–water partition coefficient (Wildman–Crippen LogP) is 3.68. The van der Waals surface area contributed by atoms with Crippen LogP contribution >= 0.6 is 0 Å². The minimum Gasteiger partial charge on any atom is -0.328 e. The minimum absolute atomic E-state index is 0.371. The second kappa shape index (κ2) is 8.79. The zero-order valence-electron chi connectivity index (χ0n) is 13.9. The number of hydrogen-bond acceptors (Lipinski definition) is 4. The molecule has 0 saturated heterocycles. The first-order valence-corrected chi connectivity index (χ1v) is 8.02. The second-order valence-electron chi connectivity index (χ2n) is 5.83. The van der Waals surface area contributed by atoms with Crippen LogP contribution in [0.3, 0.4) is 0 Å². The molecule has 0 amide bonds. The fourth-order valence-electron chi connectivity index (χ4n) is 2.11. The molecule has 2 aromatic carbocycles. The summed E-state index contributed by atoms with van der Waals surface area (Å²) in [5.41, 5.74) is 7.77. The lowest BCUT2D eigenvalue weighted by Crippen LogP contribution is -2.50. The van der Waals surface area contributed by atoms with E-state index in [1.165, 1.54) is 0 Å². The summed E-state index contributed by atoms with van der Waals surface area (Å²) >= 11 is 0. The van der Waals surface area contributed by atoms with Gasteiger partial charge >= 0.3 is 0 Å². The zero-order chi connectivity index (χ0) is 16.5. The van der Waals surface area contributed by atoms with Crippen LogP contribution in [0.1, 0.15) is 31.4 Å². The molecule has 1 atom stereocenters. The first kappa shape index (κ1) is 17.6. The van der Waals surface area contributed by atoms with Gasteiger partial charge in [-0.3, -0.25) is 9.68 Å². The van der Waals surface area contributed by atoms with Gasteiger partial charge in [-0.25, -0.2) is 0 Å². The van der Waals surface area contributed by atoms with Crippen LogP contribution in [0.25, 0.3) is 0 Å². The second-order valence-corrected chi connectivity index (χ2v) is 5.83. The summed E-state index contributed by atoms with van der Waals surface area (Å²) in [7, 11) is 0. The Morgan fingerprint density at radius 3 is 1.65 bits per heavy atom. The first-order chi connectivity index (χ1) is 11.2. The third-order valence-electron chi connectivity index (χ3n) is 4.02. The molecule has 23 heavy (non-hydrogen) atoms. The number of hydroxylamine groups is 2. The van der Waals surface area contributed by atoms with Crippen LogP contribution in [-0.2, 0) is 22.9 Å². The Morgan fingerprint density at radius 1 is 0.870 bits per heavy atom. The lowest BCUT2D eigenvalue weighted by molar-refractivity contribution is -0.420. The molecule has 0 bridgehead atoms. The van der Waals surface area contributed by atoms with Crippen molar-refractivity contribution in [3.63, 3.8) is 0 Å². The molecule has 2 rings (SSSR count). The van der Waals surface area contributed by atoms with Gasteiger partial charge in [0.05, 0.1) is 18.8 Å². The number of rotatable bonds is 9. The van der Waals surface area contributed by atoms with Crippen molar-refractivity contribution < 1.29 is 9.68 Å². The van der Waals surface area contributed by atoms with E-state index in [0.717, 1.165) is 17.5 Å². The monoisotopic (exact) mass is 314 g/mol. The molecule has 124 valence electrons. The highest BCUT2D eigenvalue weighted by Gasteiger charge is 2.31. The lowest BCUT2D eigenvalue weighted by atomic mass is 10.0. The maximum absolute atomic E-state index is 5.95. The molecule has 0 spiro atoms. The van der Waals surface area contributed by atoms with E-state index in [9.17, 15) is 0 Å². The maximum Gasteiger partial charge on any atom is 0.0962 e. The number of hydrogen-bond donors (Lipinski definition) is 1. The van der Waals surface area contributed by atoms with E-state index < -0.39 is 0 Å². The third kappa shape index (κ3) is 5.15. The molecule has 2 aromatic rings. The highest BCUT2D eigenvalue weighted by Crippen LogP contribution is 2.21. The van der Waals surface area contributed by atoms with Gasteiger partial charge in [0.25, 0.3) is 0 Å². The van der Waals surface area contributed by atoms with E-state index in [2.05, 4.69) is 6.92 Å². The normalized spacial score (nSPS) is 13.9. The summed E-state index contributed by atoms with van der Waals surface area (Å²) < 4.78 is 0. The highest BCUT2D eigenvalue weighted by molar-refractivity contribution is 5.14. The van der Waals surface area contributed by atoms with Gasteiger partial charge in [0.2, 0.25) is 0 Å². The zero-order valence-corrected chi connectivity index (χ0v) is 13.9. The highest BCUT2D eigenvalue weighted by atomic mass is 17.0. The van der Waals surface area contributed by atoms with Gasteiger partial charge in [0, 0.05) is 6.54 Å². The van der Waals surface area contributed by atoms with Crippen molar-refractivity contribution in [1.82, 2.24) is 5.23 Å². The Kier molecular flexibility index (Phi) is 6.74. The topological polar surface area (TPSA) is 47.7 Å². The van der Waals surface area contributed by atoms with Gasteiger partial charge in [0.15, 0.2) is 0 Å². The number of nitrogens with two attached hydrogens (primary N) is 1. The van der Waals surface area contributed by atoms with Gasteiger partial charge in [-0.05, 0) is 24.5 Å². The van der Waals surface area contributed by atoms with Gasteiger partial charge in [0.1, 0.15) is 0 Å². The summed E-state index contributed by atoms with van der Waals surface area (Å²) in [6, 6.07) is 20.1. The summed E-state index contributed by atoms with van der Waals surface area (Å²) in [4.78, 5) is 11.9. The molecule has 0 heterocycles. The summed E-state index contributed by atoms with van der Waals surface area (Å²) in [5.74, 6) is 0. The van der Waals surface area contributed by atoms with E-state index in [1.54, 1.807) is 5.23 Å². The van der Waals surface area contributed by atoms with E-state index in [-0.39, 0.29) is 5.54 Å². The van der Waals surface area contributed by atoms with Crippen LogP contribution in [-0.4, -0.2) is 17.3 Å². The van der Waals surface area contributed by atoms with Crippen molar-refractivity contribution in [3.05, 3.63) is 71.8 Å². The molecule has 4 heteroatoms.